The van der Waals surface area contributed by atoms with Gasteiger partial charge in [0.15, 0.2) is 0 Å². The Morgan fingerprint density at radius 3 is 2.52 bits per heavy atom. The van der Waals surface area contributed by atoms with Gasteiger partial charge in [-0.15, -0.1) is 0 Å². The lowest BCUT2D eigenvalue weighted by molar-refractivity contribution is 0.313. The molecular formula is C16H18N6O. The van der Waals surface area contributed by atoms with Crippen molar-refractivity contribution in [3.63, 3.8) is 0 Å². The highest BCUT2D eigenvalue weighted by molar-refractivity contribution is 5.59. The Kier molecular flexibility index (Phi) is 4.26. The number of H-pyrrole nitrogens is 1. The Labute approximate surface area is 134 Å². The van der Waals surface area contributed by atoms with Crippen LogP contribution in [0, 0.1) is 11.3 Å². The SMILES string of the molecule is CN1CCN(c2ccc(Nc3ncc(C#N)c(=O)[nH]3)cc2)CC1. The molecule has 0 amide bonds. The molecule has 0 spiro atoms. The number of benzene rings is 1. The molecule has 1 aromatic carbocycles. The molecule has 3 rings (SSSR count). The Morgan fingerprint density at radius 2 is 1.91 bits per heavy atom. The van der Waals surface area contributed by atoms with E-state index in [0.717, 1.165) is 31.9 Å². The minimum Gasteiger partial charge on any atom is -0.369 e. The third kappa shape index (κ3) is 3.49. The molecule has 118 valence electrons. The number of piperazine rings is 1. The summed E-state index contributed by atoms with van der Waals surface area (Å²) in [5.41, 5.74) is 1.57. The first-order chi connectivity index (χ1) is 11.2. The number of hydrogen-bond donors (Lipinski definition) is 2. The number of likely N-dealkylation sites (N-methyl/N-ethyl adjacent to an activating group) is 1. The van der Waals surface area contributed by atoms with E-state index in [2.05, 4.69) is 44.3 Å². The smallest absolute Gasteiger partial charge is 0.270 e. The first kappa shape index (κ1) is 15.1. The van der Waals surface area contributed by atoms with E-state index in [0.29, 0.717) is 5.95 Å². The fourth-order valence-electron chi connectivity index (χ4n) is 2.49. The van der Waals surface area contributed by atoms with Gasteiger partial charge in [0.2, 0.25) is 5.95 Å². The van der Waals surface area contributed by atoms with E-state index in [4.69, 9.17) is 5.26 Å². The summed E-state index contributed by atoms with van der Waals surface area (Å²) < 4.78 is 0. The van der Waals surface area contributed by atoms with Gasteiger partial charge in [-0.1, -0.05) is 0 Å². The van der Waals surface area contributed by atoms with Crippen LogP contribution in [-0.4, -0.2) is 48.1 Å². The van der Waals surface area contributed by atoms with Gasteiger partial charge in [0.25, 0.3) is 5.56 Å². The van der Waals surface area contributed by atoms with E-state index in [9.17, 15) is 4.79 Å². The van der Waals surface area contributed by atoms with Gasteiger partial charge >= 0.3 is 0 Å². The van der Waals surface area contributed by atoms with Crippen molar-refractivity contribution in [2.75, 3.05) is 43.4 Å². The molecule has 2 heterocycles. The highest BCUT2D eigenvalue weighted by Gasteiger charge is 2.14. The monoisotopic (exact) mass is 310 g/mol. The average Bonchev–Trinajstić information content (AvgIpc) is 2.57. The number of aromatic amines is 1. The van der Waals surface area contributed by atoms with E-state index >= 15 is 0 Å². The topological polar surface area (TPSA) is 88.0 Å². The Bertz CT molecular complexity index is 768. The number of nitriles is 1. The summed E-state index contributed by atoms with van der Waals surface area (Å²) in [5.74, 6) is 0.321. The van der Waals surface area contributed by atoms with Crippen molar-refractivity contribution in [3.8, 4) is 6.07 Å². The molecule has 23 heavy (non-hydrogen) atoms. The molecule has 0 bridgehead atoms. The van der Waals surface area contributed by atoms with Crippen LogP contribution in [0.4, 0.5) is 17.3 Å². The van der Waals surface area contributed by atoms with Crippen LogP contribution in [-0.2, 0) is 0 Å². The fourth-order valence-corrected chi connectivity index (χ4v) is 2.49. The van der Waals surface area contributed by atoms with Crippen LogP contribution in [0.25, 0.3) is 0 Å². The summed E-state index contributed by atoms with van der Waals surface area (Å²) in [4.78, 5) is 22.8. The molecule has 0 unspecified atom stereocenters. The lowest BCUT2D eigenvalue weighted by Gasteiger charge is -2.34. The molecule has 0 radical (unpaired) electrons. The maximum Gasteiger partial charge on any atom is 0.270 e. The molecule has 1 aliphatic heterocycles. The highest BCUT2D eigenvalue weighted by atomic mass is 16.1. The molecule has 0 aliphatic carbocycles. The minimum absolute atomic E-state index is 0.000893. The second-order valence-electron chi connectivity index (χ2n) is 5.55. The predicted octanol–water partition coefficient (Wildman–Crippen LogP) is 1.14. The quantitative estimate of drug-likeness (QED) is 0.884. The summed E-state index contributed by atoms with van der Waals surface area (Å²) in [5, 5.41) is 11.8. The number of rotatable bonds is 3. The lowest BCUT2D eigenvalue weighted by Crippen LogP contribution is -2.44. The molecule has 1 fully saturated rings. The standard InChI is InChI=1S/C16H18N6O/c1-21-6-8-22(9-7-21)14-4-2-13(3-5-14)19-16-18-11-12(10-17)15(23)20-16/h2-5,11H,6-9H2,1H3,(H2,18,19,20,23). The van der Waals surface area contributed by atoms with Crippen molar-refractivity contribution in [2.24, 2.45) is 0 Å². The van der Waals surface area contributed by atoms with Crippen LogP contribution in [0.2, 0.25) is 0 Å². The van der Waals surface area contributed by atoms with Crippen molar-refractivity contribution >= 4 is 17.3 Å². The zero-order valence-electron chi connectivity index (χ0n) is 12.9. The van der Waals surface area contributed by atoms with Gasteiger partial charge in [-0.25, -0.2) is 4.98 Å². The number of nitrogens with zero attached hydrogens (tertiary/aromatic N) is 4. The molecule has 2 N–H and O–H groups in total. The van der Waals surface area contributed by atoms with Crippen molar-refractivity contribution in [3.05, 3.63) is 46.4 Å². The molecule has 1 saturated heterocycles. The summed E-state index contributed by atoms with van der Waals surface area (Å²) in [7, 11) is 2.13. The largest absolute Gasteiger partial charge is 0.369 e. The predicted molar refractivity (Wildman–Crippen MR) is 89.0 cm³/mol. The minimum atomic E-state index is -0.445. The van der Waals surface area contributed by atoms with E-state index in [1.807, 2.05) is 12.1 Å². The van der Waals surface area contributed by atoms with Crippen molar-refractivity contribution in [1.82, 2.24) is 14.9 Å². The van der Waals surface area contributed by atoms with Crippen LogP contribution >= 0.6 is 0 Å². The molecule has 1 aromatic heterocycles. The fraction of sp³-hybridized carbons (Fsp3) is 0.312. The zero-order valence-corrected chi connectivity index (χ0v) is 12.9. The third-order valence-corrected chi connectivity index (χ3v) is 3.92. The van der Waals surface area contributed by atoms with E-state index < -0.39 is 5.56 Å². The van der Waals surface area contributed by atoms with Crippen LogP contribution in [0.3, 0.4) is 0 Å². The highest BCUT2D eigenvalue weighted by Crippen LogP contribution is 2.20. The van der Waals surface area contributed by atoms with Crippen LogP contribution in [0.15, 0.2) is 35.3 Å². The molecular weight excluding hydrogens is 292 g/mol. The van der Waals surface area contributed by atoms with E-state index in [1.165, 1.54) is 11.9 Å². The second kappa shape index (κ2) is 6.50. The maximum absolute atomic E-state index is 11.6. The molecule has 7 nitrogen and oxygen atoms in total. The summed E-state index contributed by atoms with van der Waals surface area (Å²) in [6.45, 7) is 4.17. The van der Waals surface area contributed by atoms with Gasteiger partial charge in [0, 0.05) is 37.6 Å². The zero-order chi connectivity index (χ0) is 16.2. The molecule has 0 saturated carbocycles. The Hall–Kier alpha value is -2.85. The molecule has 7 heteroatoms. The number of hydrogen-bond acceptors (Lipinski definition) is 6. The van der Waals surface area contributed by atoms with E-state index in [1.54, 1.807) is 6.07 Å². The number of nitrogens with one attached hydrogen (secondary N) is 2. The Balaban J connectivity index is 1.69. The van der Waals surface area contributed by atoms with Gasteiger partial charge in [0.1, 0.15) is 11.6 Å². The van der Waals surface area contributed by atoms with Gasteiger partial charge < -0.3 is 15.1 Å². The summed E-state index contributed by atoms with van der Waals surface area (Å²) in [6.07, 6.45) is 1.26. The summed E-state index contributed by atoms with van der Waals surface area (Å²) >= 11 is 0. The Morgan fingerprint density at radius 1 is 1.22 bits per heavy atom. The van der Waals surface area contributed by atoms with Crippen LogP contribution in [0.5, 0.6) is 0 Å². The van der Waals surface area contributed by atoms with Crippen molar-refractivity contribution in [2.45, 2.75) is 0 Å². The lowest BCUT2D eigenvalue weighted by atomic mass is 10.2. The molecule has 0 atom stereocenters. The summed E-state index contributed by atoms with van der Waals surface area (Å²) in [6, 6.07) is 9.79. The number of aromatic nitrogens is 2. The molecule has 1 aliphatic rings. The average molecular weight is 310 g/mol. The molecule has 2 aromatic rings. The van der Waals surface area contributed by atoms with Crippen LogP contribution < -0.4 is 15.8 Å². The van der Waals surface area contributed by atoms with E-state index in [-0.39, 0.29) is 5.56 Å². The first-order valence-electron chi connectivity index (χ1n) is 7.46. The van der Waals surface area contributed by atoms with Gasteiger partial charge in [-0.2, -0.15) is 5.26 Å². The second-order valence-corrected chi connectivity index (χ2v) is 5.55. The van der Waals surface area contributed by atoms with Crippen molar-refractivity contribution < 1.29 is 0 Å². The maximum atomic E-state index is 11.6. The van der Waals surface area contributed by atoms with Gasteiger partial charge in [-0.3, -0.25) is 9.78 Å². The van der Waals surface area contributed by atoms with Gasteiger partial charge in [0.05, 0.1) is 6.20 Å². The third-order valence-electron chi connectivity index (χ3n) is 3.92. The number of anilines is 3. The normalized spacial score (nSPS) is 15.2. The van der Waals surface area contributed by atoms with Crippen molar-refractivity contribution in [1.29, 1.82) is 5.26 Å². The van der Waals surface area contributed by atoms with Crippen LogP contribution in [0.1, 0.15) is 5.56 Å². The first-order valence-corrected chi connectivity index (χ1v) is 7.46. The van der Waals surface area contributed by atoms with Gasteiger partial charge in [-0.05, 0) is 31.3 Å².